The Balaban J connectivity index is 1.44. The van der Waals surface area contributed by atoms with Crippen LogP contribution in [0.1, 0.15) is 11.3 Å². The van der Waals surface area contributed by atoms with Crippen LogP contribution in [0.2, 0.25) is 0 Å². The molecular weight excluding hydrogens is 555 g/mol. The second kappa shape index (κ2) is 10.7. The van der Waals surface area contributed by atoms with Gasteiger partial charge < -0.3 is 4.74 Å². The molecule has 1 aliphatic rings. The molecule has 41 heavy (non-hydrogen) atoms. The van der Waals surface area contributed by atoms with Gasteiger partial charge in [0.1, 0.15) is 17.1 Å². The summed E-state index contributed by atoms with van der Waals surface area (Å²) in [5.41, 5.74) is 4.39. The number of benzene rings is 3. The lowest BCUT2D eigenvalue weighted by Gasteiger charge is -2.12. The molecule has 0 spiro atoms. The van der Waals surface area contributed by atoms with Crippen LogP contribution < -0.4 is 15.2 Å². The van der Waals surface area contributed by atoms with Gasteiger partial charge in [0.05, 0.1) is 29.1 Å². The molecule has 0 unspecified atom stereocenters. The van der Waals surface area contributed by atoms with Crippen molar-refractivity contribution in [2.75, 3.05) is 12.0 Å². The van der Waals surface area contributed by atoms with Gasteiger partial charge in [-0.15, -0.1) is 0 Å². The Bertz CT molecular complexity index is 1890. The highest BCUT2D eigenvalue weighted by Gasteiger charge is 2.38. The minimum Gasteiger partial charge on any atom is -0.497 e. The Kier molecular flexibility index (Phi) is 6.94. The van der Waals surface area contributed by atoms with E-state index in [0.29, 0.717) is 32.1 Å². The third-order valence-corrected chi connectivity index (χ3v) is 8.24. The molecule has 0 bridgehead atoms. The highest BCUT2D eigenvalue weighted by Crippen LogP contribution is 2.38. The normalized spacial score (nSPS) is 14.3. The number of methoxy groups -OCH3 is 1. The summed E-state index contributed by atoms with van der Waals surface area (Å²) in [6, 6.07) is 26.7. The third kappa shape index (κ3) is 4.71. The van der Waals surface area contributed by atoms with E-state index >= 15 is 0 Å². The van der Waals surface area contributed by atoms with Crippen molar-refractivity contribution in [3.8, 4) is 28.4 Å². The molecule has 3 aromatic carbocycles. The molecule has 0 saturated carbocycles. The van der Waals surface area contributed by atoms with Gasteiger partial charge in [0.15, 0.2) is 4.32 Å². The van der Waals surface area contributed by atoms with Crippen molar-refractivity contribution in [3.63, 3.8) is 0 Å². The fraction of sp³-hybridized carbons (Fsp3) is 0.0968. The first kappa shape index (κ1) is 26.5. The molecule has 2 aromatic heterocycles. The first-order chi connectivity index (χ1) is 19.9. The maximum atomic E-state index is 13.9. The fourth-order valence-corrected chi connectivity index (χ4v) is 6.08. The Morgan fingerprint density at radius 1 is 0.927 bits per heavy atom. The van der Waals surface area contributed by atoms with Gasteiger partial charge in [0.2, 0.25) is 0 Å². The Hall–Kier alpha value is -4.67. The van der Waals surface area contributed by atoms with E-state index in [9.17, 15) is 9.59 Å². The predicted molar refractivity (Wildman–Crippen MR) is 167 cm³/mol. The van der Waals surface area contributed by atoms with Crippen molar-refractivity contribution in [2.45, 2.75) is 6.92 Å². The van der Waals surface area contributed by atoms with Crippen molar-refractivity contribution in [3.05, 3.63) is 118 Å². The lowest BCUT2D eigenvalue weighted by molar-refractivity contribution is -0.113. The monoisotopic (exact) mass is 579 g/mol. The molecule has 8 nitrogen and oxygen atoms in total. The van der Waals surface area contributed by atoms with Gasteiger partial charge in [0, 0.05) is 24.4 Å². The number of carbonyl (C=O) groups is 1. The number of para-hydroxylation sites is 2. The second-order valence-corrected chi connectivity index (χ2v) is 11.0. The smallest absolute Gasteiger partial charge is 0.296 e. The van der Waals surface area contributed by atoms with Gasteiger partial charge in [-0.1, -0.05) is 72.5 Å². The van der Waals surface area contributed by atoms with Crippen molar-refractivity contribution in [1.29, 1.82) is 0 Å². The third-order valence-electron chi connectivity index (χ3n) is 6.93. The van der Waals surface area contributed by atoms with Crippen LogP contribution >= 0.6 is 24.0 Å². The van der Waals surface area contributed by atoms with Gasteiger partial charge in [-0.2, -0.15) is 5.10 Å². The molecule has 3 heterocycles. The van der Waals surface area contributed by atoms with Gasteiger partial charge in [0.25, 0.3) is 11.5 Å². The number of amides is 1. The fourth-order valence-electron chi connectivity index (χ4n) is 4.81. The summed E-state index contributed by atoms with van der Waals surface area (Å²) in [7, 11) is 3.41. The molecule has 0 aliphatic carbocycles. The van der Waals surface area contributed by atoms with E-state index in [-0.39, 0.29) is 17.2 Å². The van der Waals surface area contributed by atoms with Gasteiger partial charge >= 0.3 is 0 Å². The second-order valence-electron chi connectivity index (χ2n) is 9.37. The van der Waals surface area contributed by atoms with E-state index in [2.05, 4.69) is 0 Å². The molecule has 0 N–H and O–H groups in total. The van der Waals surface area contributed by atoms with E-state index in [1.807, 2.05) is 98.0 Å². The number of carbonyl (C=O) groups excluding carboxylic acids is 1. The summed E-state index contributed by atoms with van der Waals surface area (Å²) in [6.45, 7) is 1.81. The molecule has 1 fully saturated rings. The highest BCUT2D eigenvalue weighted by atomic mass is 32.2. The molecule has 5 aromatic rings. The van der Waals surface area contributed by atoms with Crippen LogP contribution in [0.15, 0.2) is 101 Å². The summed E-state index contributed by atoms with van der Waals surface area (Å²) in [5, 5.41) is 4.86. The number of ether oxygens (including phenoxy) is 1. The molecule has 6 rings (SSSR count). The number of thiocarbonyl (C=S) groups is 1. The molecule has 1 saturated heterocycles. The maximum absolute atomic E-state index is 13.9. The van der Waals surface area contributed by atoms with E-state index in [4.69, 9.17) is 22.1 Å². The summed E-state index contributed by atoms with van der Waals surface area (Å²) in [5.74, 6) is 0.346. The zero-order chi connectivity index (χ0) is 28.7. The van der Waals surface area contributed by atoms with Crippen LogP contribution in [-0.4, -0.2) is 36.5 Å². The molecular formula is C31H25N5O3S2. The average Bonchev–Trinajstić information content (AvgIpc) is 3.61. The summed E-state index contributed by atoms with van der Waals surface area (Å²) >= 11 is 6.82. The first-order valence-corrected chi connectivity index (χ1v) is 14.0. The van der Waals surface area contributed by atoms with Crippen LogP contribution in [-0.2, 0) is 11.8 Å². The summed E-state index contributed by atoms with van der Waals surface area (Å²) in [4.78, 5) is 29.2. The number of rotatable bonds is 6. The topological polar surface area (TPSA) is 74.3 Å². The largest absolute Gasteiger partial charge is 0.497 e. The van der Waals surface area contributed by atoms with Crippen LogP contribution in [0.25, 0.3) is 28.7 Å². The van der Waals surface area contributed by atoms with Crippen molar-refractivity contribution in [1.82, 2.24) is 19.1 Å². The number of hydrogen-bond donors (Lipinski definition) is 0. The van der Waals surface area contributed by atoms with Gasteiger partial charge in [-0.05, 0) is 49.4 Å². The Morgan fingerprint density at radius 2 is 1.61 bits per heavy atom. The van der Waals surface area contributed by atoms with E-state index < -0.39 is 0 Å². The lowest BCUT2D eigenvalue weighted by atomic mass is 10.1. The van der Waals surface area contributed by atoms with E-state index in [1.54, 1.807) is 29.6 Å². The van der Waals surface area contributed by atoms with Crippen LogP contribution in [0.5, 0.6) is 5.75 Å². The van der Waals surface area contributed by atoms with Gasteiger partial charge in [-0.3, -0.25) is 19.2 Å². The average molecular weight is 580 g/mol. The molecule has 10 heteroatoms. The summed E-state index contributed by atoms with van der Waals surface area (Å²) < 4.78 is 10.8. The van der Waals surface area contributed by atoms with Crippen LogP contribution in [0, 0.1) is 6.92 Å². The van der Waals surface area contributed by atoms with E-state index in [1.165, 1.54) is 21.3 Å². The molecule has 0 radical (unpaired) electrons. The predicted octanol–water partition coefficient (Wildman–Crippen LogP) is 5.75. The minimum atomic E-state index is -0.352. The van der Waals surface area contributed by atoms with Crippen LogP contribution in [0.3, 0.4) is 0 Å². The first-order valence-electron chi connectivity index (χ1n) is 12.8. The standard InChI is InChI=1S/C31H25N5O3S2/c1-20-28(30(38)36(33(20)2)24-14-8-5-9-15-24)35-29(37)26(41-31(35)40)18-22-19-34(23-12-6-4-7-13-23)32-27(22)21-11-10-16-25(17-21)39-3/h4-19H,1-3H3/b26-18-. The SMILES string of the molecule is COc1cccc(-c2nn(-c3ccccc3)cc2/C=C2\SC(=S)N(c3c(C)n(C)n(-c4ccccc4)c3=O)C2=O)c1. The zero-order valence-electron chi connectivity index (χ0n) is 22.5. The minimum absolute atomic E-state index is 0.246. The quantitative estimate of drug-likeness (QED) is 0.188. The molecule has 1 aliphatic heterocycles. The van der Waals surface area contributed by atoms with Crippen molar-refractivity contribution >= 4 is 46.0 Å². The number of aromatic nitrogens is 4. The van der Waals surface area contributed by atoms with Crippen molar-refractivity contribution in [2.24, 2.45) is 7.05 Å². The number of hydrogen-bond acceptors (Lipinski definition) is 6. The number of thioether (sulfide) groups is 1. The Morgan fingerprint density at radius 3 is 2.29 bits per heavy atom. The number of anilines is 1. The molecule has 0 atom stereocenters. The Labute approximate surface area is 246 Å². The van der Waals surface area contributed by atoms with Gasteiger partial charge in [-0.25, -0.2) is 9.36 Å². The lowest BCUT2D eigenvalue weighted by Crippen LogP contribution is -2.33. The van der Waals surface area contributed by atoms with Crippen LogP contribution in [0.4, 0.5) is 5.69 Å². The molecule has 204 valence electrons. The van der Waals surface area contributed by atoms with Crippen molar-refractivity contribution < 1.29 is 9.53 Å². The maximum Gasteiger partial charge on any atom is 0.296 e. The highest BCUT2D eigenvalue weighted by molar-refractivity contribution is 8.27. The number of nitrogens with zero attached hydrogens (tertiary/aromatic N) is 5. The van der Waals surface area contributed by atoms with E-state index in [0.717, 1.165) is 16.8 Å². The molecule has 1 amide bonds. The summed E-state index contributed by atoms with van der Waals surface area (Å²) in [6.07, 6.45) is 3.67. The zero-order valence-corrected chi connectivity index (χ0v) is 24.1.